The summed E-state index contributed by atoms with van der Waals surface area (Å²) < 4.78 is 11.1. The Balaban J connectivity index is 2.10. The van der Waals surface area contributed by atoms with Crippen molar-refractivity contribution in [2.45, 2.75) is 0 Å². The molecule has 1 N–H and O–H groups in total. The molecule has 0 unspecified atom stereocenters. The minimum absolute atomic E-state index is 0.0506. The first-order valence-electron chi connectivity index (χ1n) is 6.49. The number of rotatable bonds is 6. The molecule has 0 atom stereocenters. The fraction of sp³-hybridized carbons (Fsp3) is 0.188. The van der Waals surface area contributed by atoms with Crippen LogP contribution in [0.15, 0.2) is 40.9 Å². The third-order valence-corrected chi connectivity index (χ3v) is 3.93. The van der Waals surface area contributed by atoms with Crippen molar-refractivity contribution < 1.29 is 14.3 Å². The van der Waals surface area contributed by atoms with Crippen molar-refractivity contribution in [1.82, 2.24) is 0 Å². The molecule has 6 heteroatoms. The molecule has 116 valence electrons. The van der Waals surface area contributed by atoms with Gasteiger partial charge in [-0.3, -0.25) is 4.79 Å². The molecule has 0 aliphatic carbocycles. The number of carbonyl (C=O) groups excluding carboxylic acids is 1. The second-order valence-electron chi connectivity index (χ2n) is 4.47. The van der Waals surface area contributed by atoms with Crippen molar-refractivity contribution in [3.8, 4) is 11.5 Å². The first-order chi connectivity index (χ1) is 10.5. The molecule has 2 rings (SSSR count). The van der Waals surface area contributed by atoms with E-state index in [0.717, 1.165) is 4.47 Å². The molecule has 0 aliphatic rings. The molecule has 4 nitrogen and oxygen atoms in total. The third kappa shape index (κ3) is 3.93. The van der Waals surface area contributed by atoms with Crippen LogP contribution >= 0.6 is 27.5 Å². The zero-order chi connectivity index (χ0) is 16.1. The Morgan fingerprint density at radius 1 is 1.14 bits per heavy atom. The summed E-state index contributed by atoms with van der Waals surface area (Å²) in [6.45, 7) is 0.134. The molecule has 22 heavy (non-hydrogen) atoms. The highest BCUT2D eigenvalue weighted by Crippen LogP contribution is 2.28. The van der Waals surface area contributed by atoms with Crippen molar-refractivity contribution in [3.63, 3.8) is 0 Å². The second kappa shape index (κ2) is 7.51. The Morgan fingerprint density at radius 2 is 1.82 bits per heavy atom. The van der Waals surface area contributed by atoms with Gasteiger partial charge in [0.15, 0.2) is 5.78 Å². The van der Waals surface area contributed by atoms with Crippen LogP contribution in [-0.2, 0) is 0 Å². The largest absolute Gasteiger partial charge is 0.496 e. The number of halogens is 2. The Kier molecular flexibility index (Phi) is 5.69. The quantitative estimate of drug-likeness (QED) is 0.749. The Bertz CT molecular complexity index is 691. The van der Waals surface area contributed by atoms with Gasteiger partial charge in [0.1, 0.15) is 11.5 Å². The number of benzene rings is 2. The number of Topliss-reactive ketones (excluding diaryl/α,β-unsaturated/α-hetero) is 1. The maximum Gasteiger partial charge on any atom is 0.181 e. The van der Waals surface area contributed by atoms with E-state index < -0.39 is 0 Å². The third-order valence-electron chi connectivity index (χ3n) is 3.07. The lowest BCUT2D eigenvalue weighted by atomic mass is 10.1. The van der Waals surface area contributed by atoms with Crippen LogP contribution in [0.1, 0.15) is 10.4 Å². The monoisotopic (exact) mass is 383 g/mol. The van der Waals surface area contributed by atoms with E-state index in [1.807, 2.05) is 0 Å². The fourth-order valence-corrected chi connectivity index (χ4v) is 2.65. The van der Waals surface area contributed by atoms with Gasteiger partial charge in [-0.15, -0.1) is 0 Å². The maximum absolute atomic E-state index is 12.3. The minimum Gasteiger partial charge on any atom is -0.496 e. The normalized spacial score (nSPS) is 10.2. The number of carbonyl (C=O) groups is 1. The lowest BCUT2D eigenvalue weighted by Gasteiger charge is -2.11. The van der Waals surface area contributed by atoms with Crippen LogP contribution in [-0.4, -0.2) is 26.5 Å². The van der Waals surface area contributed by atoms with E-state index in [2.05, 4.69) is 21.2 Å². The molecule has 0 heterocycles. The Morgan fingerprint density at radius 3 is 2.45 bits per heavy atom. The number of nitrogens with one attached hydrogen (secondary N) is 1. The van der Waals surface area contributed by atoms with E-state index in [1.165, 1.54) is 0 Å². The summed E-state index contributed by atoms with van der Waals surface area (Å²) in [7, 11) is 3.14. The van der Waals surface area contributed by atoms with E-state index in [4.69, 9.17) is 21.1 Å². The SMILES string of the molecule is COc1ccc(C(=O)CNc2cc(Cl)ccc2OC)cc1Br. The summed E-state index contributed by atoms with van der Waals surface area (Å²) in [4.78, 5) is 12.3. The number of methoxy groups -OCH3 is 2. The molecule has 0 aliphatic heterocycles. The first-order valence-corrected chi connectivity index (χ1v) is 7.66. The van der Waals surface area contributed by atoms with E-state index in [9.17, 15) is 4.79 Å². The number of hydrogen-bond acceptors (Lipinski definition) is 4. The molecule has 2 aromatic rings. The van der Waals surface area contributed by atoms with Crippen LogP contribution in [0.4, 0.5) is 5.69 Å². The molecule has 0 spiro atoms. The molecule has 0 saturated heterocycles. The van der Waals surface area contributed by atoms with Gasteiger partial charge in [0, 0.05) is 10.6 Å². The summed E-state index contributed by atoms with van der Waals surface area (Å²) in [5.41, 5.74) is 1.26. The van der Waals surface area contributed by atoms with Crippen LogP contribution in [0, 0.1) is 0 Å². The molecular weight excluding hydrogens is 370 g/mol. The predicted molar refractivity (Wildman–Crippen MR) is 91.5 cm³/mol. The van der Waals surface area contributed by atoms with E-state index in [1.54, 1.807) is 50.6 Å². The average molecular weight is 385 g/mol. The molecule has 0 saturated carbocycles. The zero-order valence-corrected chi connectivity index (χ0v) is 14.5. The summed E-state index contributed by atoms with van der Waals surface area (Å²) in [5, 5.41) is 3.62. The summed E-state index contributed by atoms with van der Waals surface area (Å²) in [6, 6.07) is 10.4. The molecule has 0 bridgehead atoms. The van der Waals surface area contributed by atoms with Gasteiger partial charge in [0.25, 0.3) is 0 Å². The van der Waals surface area contributed by atoms with Crippen LogP contribution in [0.3, 0.4) is 0 Å². The highest BCUT2D eigenvalue weighted by molar-refractivity contribution is 9.10. The van der Waals surface area contributed by atoms with Gasteiger partial charge in [0.05, 0.1) is 30.9 Å². The van der Waals surface area contributed by atoms with Crippen LogP contribution in [0.5, 0.6) is 11.5 Å². The Hall–Kier alpha value is -1.72. The van der Waals surface area contributed by atoms with Crippen LogP contribution in [0.2, 0.25) is 5.02 Å². The topological polar surface area (TPSA) is 47.6 Å². The van der Waals surface area contributed by atoms with E-state index >= 15 is 0 Å². The van der Waals surface area contributed by atoms with Gasteiger partial charge in [-0.2, -0.15) is 0 Å². The van der Waals surface area contributed by atoms with Crippen molar-refractivity contribution in [2.24, 2.45) is 0 Å². The Labute approximate surface area is 142 Å². The summed E-state index contributed by atoms with van der Waals surface area (Å²) in [5.74, 6) is 1.26. The van der Waals surface area contributed by atoms with Gasteiger partial charge < -0.3 is 14.8 Å². The number of ketones is 1. The summed E-state index contributed by atoms with van der Waals surface area (Å²) in [6.07, 6.45) is 0. The fourth-order valence-electron chi connectivity index (χ4n) is 1.94. The van der Waals surface area contributed by atoms with Crippen LogP contribution in [0.25, 0.3) is 0 Å². The first kappa shape index (κ1) is 16.6. The van der Waals surface area contributed by atoms with E-state index in [0.29, 0.717) is 27.8 Å². The second-order valence-corrected chi connectivity index (χ2v) is 5.76. The van der Waals surface area contributed by atoms with Gasteiger partial charge >= 0.3 is 0 Å². The van der Waals surface area contributed by atoms with E-state index in [-0.39, 0.29) is 12.3 Å². The number of ether oxygens (including phenoxy) is 2. The molecule has 0 fully saturated rings. The molecule has 2 aromatic carbocycles. The molecule has 0 radical (unpaired) electrons. The molecular formula is C16H15BrClNO3. The predicted octanol–water partition coefficient (Wildman–Crippen LogP) is 4.41. The summed E-state index contributed by atoms with van der Waals surface area (Å²) >= 11 is 9.33. The maximum atomic E-state index is 12.3. The van der Waals surface area contributed by atoms with Crippen molar-refractivity contribution in [3.05, 3.63) is 51.5 Å². The van der Waals surface area contributed by atoms with Crippen molar-refractivity contribution in [2.75, 3.05) is 26.1 Å². The van der Waals surface area contributed by atoms with Crippen LogP contribution < -0.4 is 14.8 Å². The zero-order valence-electron chi connectivity index (χ0n) is 12.2. The highest BCUT2D eigenvalue weighted by Gasteiger charge is 2.10. The van der Waals surface area contributed by atoms with Gasteiger partial charge in [-0.05, 0) is 52.3 Å². The number of anilines is 1. The van der Waals surface area contributed by atoms with Gasteiger partial charge in [-0.1, -0.05) is 11.6 Å². The highest BCUT2D eigenvalue weighted by atomic mass is 79.9. The lowest BCUT2D eigenvalue weighted by molar-refractivity contribution is 0.101. The lowest BCUT2D eigenvalue weighted by Crippen LogP contribution is -2.14. The van der Waals surface area contributed by atoms with Crippen molar-refractivity contribution >= 4 is 39.0 Å². The smallest absolute Gasteiger partial charge is 0.181 e. The van der Waals surface area contributed by atoms with Gasteiger partial charge in [-0.25, -0.2) is 0 Å². The van der Waals surface area contributed by atoms with Gasteiger partial charge in [0.2, 0.25) is 0 Å². The molecule has 0 aromatic heterocycles. The molecule has 0 amide bonds. The minimum atomic E-state index is -0.0506. The number of hydrogen-bond donors (Lipinski definition) is 1. The average Bonchev–Trinajstić information content (AvgIpc) is 2.52. The standard InChI is InChI=1S/C16H15BrClNO3/c1-21-15-5-3-10(7-12(15)17)14(20)9-19-13-8-11(18)4-6-16(13)22-2/h3-8,19H,9H2,1-2H3. The van der Waals surface area contributed by atoms with Crippen molar-refractivity contribution in [1.29, 1.82) is 0 Å².